The number of hydrogen-bond donors (Lipinski definition) is 0. The summed E-state index contributed by atoms with van der Waals surface area (Å²) in [6, 6.07) is 14.7. The van der Waals surface area contributed by atoms with Gasteiger partial charge in [0.05, 0.1) is 27.3 Å². The van der Waals surface area contributed by atoms with Gasteiger partial charge >= 0.3 is 0 Å². The van der Waals surface area contributed by atoms with Crippen LogP contribution < -0.4 is 4.57 Å². The van der Waals surface area contributed by atoms with Crippen LogP contribution >= 0.6 is 0 Å². The smallest absolute Gasteiger partial charge is 0.224 e. The summed E-state index contributed by atoms with van der Waals surface area (Å²) >= 11 is 0. The fourth-order valence-corrected chi connectivity index (χ4v) is 6.22. The number of hydrogen-bond acceptors (Lipinski definition) is 3. The highest BCUT2D eigenvalue weighted by Gasteiger charge is 2.29. The topological polar surface area (TPSA) is 47.0 Å². The van der Waals surface area contributed by atoms with Crippen molar-refractivity contribution < 1.29 is 8.96 Å². The van der Waals surface area contributed by atoms with Crippen molar-refractivity contribution in [2.24, 2.45) is 7.05 Å². The molecule has 0 aliphatic heterocycles. The van der Waals surface area contributed by atoms with Gasteiger partial charge in [0.25, 0.3) is 0 Å². The van der Waals surface area contributed by atoms with Crippen molar-refractivity contribution in [2.45, 2.75) is 66.2 Å². The molecular weight excluding hydrogens is 509 g/mol. The molecule has 0 N–H and O–H groups in total. The molecule has 0 aliphatic rings. The fourth-order valence-electron chi connectivity index (χ4n) is 6.22. The Hall–Kier alpha value is -4.19. The summed E-state index contributed by atoms with van der Waals surface area (Å²) in [5, 5.41) is 4.93. The number of rotatable bonds is 1. The van der Waals surface area contributed by atoms with Crippen LogP contribution in [-0.2, 0) is 17.9 Å². The summed E-state index contributed by atoms with van der Waals surface area (Å²) in [5.74, 6) is 2.06. The van der Waals surface area contributed by atoms with E-state index in [9.17, 15) is 0 Å². The molecule has 0 amide bonds. The Morgan fingerprint density at radius 3 is 2.07 bits per heavy atom. The molecule has 0 saturated carbocycles. The Morgan fingerprint density at radius 1 is 0.756 bits per heavy atom. The second kappa shape index (κ2) is 8.19. The summed E-state index contributed by atoms with van der Waals surface area (Å²) < 4.78 is 20.5. The van der Waals surface area contributed by atoms with Crippen molar-refractivity contribution in [3.8, 4) is 11.4 Å². The number of nitrogens with zero attached hydrogens (tertiary/aromatic N) is 5. The molecule has 0 fully saturated rings. The molecule has 41 heavy (non-hydrogen) atoms. The molecule has 0 saturated heterocycles. The second-order valence-corrected chi connectivity index (χ2v) is 13.6. The minimum atomic E-state index is -0.238. The molecule has 4 aromatic heterocycles. The number of fused-ring (bicyclic) bond motifs is 5. The molecule has 0 atom stereocenters. The van der Waals surface area contributed by atoms with Gasteiger partial charge in [0.2, 0.25) is 5.52 Å². The van der Waals surface area contributed by atoms with Gasteiger partial charge in [-0.1, -0.05) is 59.7 Å². The average Bonchev–Trinajstić information content (AvgIpc) is 3.27. The van der Waals surface area contributed by atoms with Crippen LogP contribution in [-0.4, -0.2) is 19.4 Å². The number of para-hydroxylation sites is 1. The van der Waals surface area contributed by atoms with E-state index in [2.05, 4.69) is 88.0 Å². The van der Waals surface area contributed by atoms with Gasteiger partial charge in [-0.2, -0.15) is 0 Å². The first-order chi connectivity index (χ1) is 19.3. The van der Waals surface area contributed by atoms with Crippen molar-refractivity contribution in [3.63, 3.8) is 0 Å². The molecule has 0 spiro atoms. The zero-order chi connectivity index (χ0) is 29.2. The van der Waals surface area contributed by atoms with E-state index >= 15 is 4.39 Å². The highest BCUT2D eigenvalue weighted by molar-refractivity contribution is 6.26. The lowest BCUT2D eigenvalue weighted by Crippen LogP contribution is -2.29. The molecule has 0 aliphatic carbocycles. The first kappa shape index (κ1) is 25.8. The van der Waals surface area contributed by atoms with Gasteiger partial charge in [0, 0.05) is 33.2 Å². The maximum absolute atomic E-state index is 16.1. The van der Waals surface area contributed by atoms with E-state index in [-0.39, 0.29) is 16.6 Å². The van der Waals surface area contributed by atoms with E-state index in [0.717, 1.165) is 66.4 Å². The van der Waals surface area contributed by atoms with E-state index in [1.807, 2.05) is 32.0 Å². The summed E-state index contributed by atoms with van der Waals surface area (Å²) in [6.45, 7) is 16.7. The highest BCUT2D eigenvalue weighted by atomic mass is 19.1. The first-order valence-electron chi connectivity index (χ1n) is 14.2. The van der Waals surface area contributed by atoms with Crippen LogP contribution in [0.4, 0.5) is 4.39 Å². The molecule has 7 rings (SSSR count). The summed E-state index contributed by atoms with van der Waals surface area (Å²) in [6.07, 6.45) is 2.10. The molecule has 206 valence electrons. The van der Waals surface area contributed by atoms with Crippen molar-refractivity contribution >= 4 is 49.0 Å². The van der Waals surface area contributed by atoms with Crippen molar-refractivity contribution in [1.82, 2.24) is 19.4 Å². The maximum atomic E-state index is 16.1. The molecule has 0 radical (unpaired) electrons. The average molecular weight is 545 g/mol. The van der Waals surface area contributed by atoms with Crippen LogP contribution in [0.2, 0.25) is 0 Å². The molecule has 0 bridgehead atoms. The molecule has 6 heteroatoms. The SMILES string of the molecule is Cc1c(F)c2c3ccccc3n3c4cc(-c5nc(C(C)(C)C)nc(C(C)(C)C)n5)cc5cc[n+](C)c(c(c1C)c23)c54. The van der Waals surface area contributed by atoms with Crippen LogP contribution in [0.5, 0.6) is 0 Å². The van der Waals surface area contributed by atoms with Gasteiger partial charge < -0.3 is 4.40 Å². The quantitative estimate of drug-likeness (QED) is 0.119. The molecular formula is C35H35FN5+. The predicted octanol–water partition coefficient (Wildman–Crippen LogP) is 8.02. The van der Waals surface area contributed by atoms with Gasteiger partial charge in [-0.3, -0.25) is 0 Å². The van der Waals surface area contributed by atoms with Gasteiger partial charge in [0.15, 0.2) is 12.0 Å². The molecule has 4 heterocycles. The normalized spacial score (nSPS) is 13.1. The Bertz CT molecular complexity index is 2180. The Balaban J connectivity index is 1.73. The molecule has 0 unspecified atom stereocenters. The number of aromatic nitrogens is 5. The van der Waals surface area contributed by atoms with Crippen LogP contribution in [0.1, 0.15) is 64.3 Å². The van der Waals surface area contributed by atoms with Crippen LogP contribution in [0.3, 0.4) is 0 Å². The first-order valence-corrected chi connectivity index (χ1v) is 14.2. The maximum Gasteiger partial charge on any atom is 0.224 e. The van der Waals surface area contributed by atoms with Gasteiger partial charge in [-0.25, -0.2) is 23.9 Å². The van der Waals surface area contributed by atoms with Crippen LogP contribution in [0, 0.1) is 19.7 Å². The van der Waals surface area contributed by atoms with Crippen molar-refractivity contribution in [3.05, 3.63) is 77.3 Å². The molecule has 7 aromatic rings. The van der Waals surface area contributed by atoms with Crippen LogP contribution in [0.15, 0.2) is 48.7 Å². The standard InChI is InChI=1S/C35H35FN5/c1-18-19(2)28(36)27-22-12-10-11-13-23(22)41-24-17-21(16-20-14-15-40(9)29(26(20)24)25(18)30(27)41)31-37-32(34(3,4)5)39-33(38-31)35(6,7)8/h10-17H,1-9H3/q+1. The number of pyridine rings is 2. The van der Waals surface area contributed by atoms with Crippen LogP contribution in [0.25, 0.3) is 60.4 Å². The third kappa shape index (κ3) is 3.52. The van der Waals surface area contributed by atoms with E-state index in [1.54, 1.807) is 0 Å². The zero-order valence-corrected chi connectivity index (χ0v) is 25.2. The minimum Gasteiger partial charge on any atom is -0.307 e. The monoisotopic (exact) mass is 544 g/mol. The molecule has 3 aromatic carbocycles. The van der Waals surface area contributed by atoms with E-state index in [4.69, 9.17) is 15.0 Å². The molecule has 5 nitrogen and oxygen atoms in total. The number of aryl methyl sites for hydroxylation is 2. The number of halogens is 1. The zero-order valence-electron chi connectivity index (χ0n) is 25.2. The lowest BCUT2D eigenvalue weighted by atomic mass is 9.92. The largest absolute Gasteiger partial charge is 0.307 e. The van der Waals surface area contributed by atoms with E-state index in [1.165, 1.54) is 0 Å². The Kier molecular flexibility index (Phi) is 5.14. The van der Waals surface area contributed by atoms with E-state index in [0.29, 0.717) is 16.8 Å². The number of benzene rings is 3. The fraction of sp³-hybridized carbons (Fsp3) is 0.314. The lowest BCUT2D eigenvalue weighted by Gasteiger charge is -2.23. The van der Waals surface area contributed by atoms with Gasteiger partial charge in [-0.05, 0) is 48.6 Å². The predicted molar refractivity (Wildman–Crippen MR) is 165 cm³/mol. The van der Waals surface area contributed by atoms with Gasteiger partial charge in [-0.15, -0.1) is 0 Å². The van der Waals surface area contributed by atoms with Crippen molar-refractivity contribution in [2.75, 3.05) is 0 Å². The van der Waals surface area contributed by atoms with Gasteiger partial charge in [0.1, 0.15) is 24.5 Å². The minimum absolute atomic E-state index is 0.146. The summed E-state index contributed by atoms with van der Waals surface area (Å²) in [4.78, 5) is 14.9. The lowest BCUT2D eigenvalue weighted by molar-refractivity contribution is -0.643. The Morgan fingerprint density at radius 2 is 1.41 bits per heavy atom. The van der Waals surface area contributed by atoms with Crippen molar-refractivity contribution in [1.29, 1.82) is 0 Å². The summed E-state index contributed by atoms with van der Waals surface area (Å²) in [7, 11) is 2.08. The van der Waals surface area contributed by atoms with E-state index < -0.39 is 0 Å². The Labute approximate surface area is 239 Å². The third-order valence-corrected chi connectivity index (χ3v) is 8.53. The summed E-state index contributed by atoms with van der Waals surface area (Å²) in [5.41, 5.74) is 6.14. The second-order valence-electron chi connectivity index (χ2n) is 13.6. The highest BCUT2D eigenvalue weighted by Crippen LogP contribution is 2.44. The third-order valence-electron chi connectivity index (χ3n) is 8.53.